The smallest absolute Gasteiger partial charge is 0.258 e. The highest BCUT2D eigenvalue weighted by molar-refractivity contribution is 6.58. The summed E-state index contributed by atoms with van der Waals surface area (Å²) in [5.41, 5.74) is -0.181. The number of hydrogen-bond donors (Lipinski definition) is 1. The standard InChI is InChI=1S/C40H32Cl2F5N3O8/c1-56-25-15-18(16-26(57-2)34(25)51)3-10-24-21-8-9-22-27(36(53)49(35(22)52)20-6-4-19(5-7-20)48-11-13-58-14-12-48)23(21)17-39(41)37(54)50(38(55)40(24,39)42)33-31(46)29(44)28(43)30(45)32(33)47/h3-8,10,15-16,22-24,27,51H,9,11-14,17H2,1-2H3. The van der Waals surface area contributed by atoms with Gasteiger partial charge in [-0.15, -0.1) is 23.2 Å². The number of anilines is 3. The molecule has 4 fully saturated rings. The van der Waals surface area contributed by atoms with Crippen molar-refractivity contribution >= 4 is 70.0 Å². The number of ether oxygens (including phenoxy) is 3. The first-order valence-corrected chi connectivity index (χ1v) is 18.8. The zero-order chi connectivity index (χ0) is 41.6. The molecule has 3 saturated heterocycles. The summed E-state index contributed by atoms with van der Waals surface area (Å²) in [4.78, 5) is 55.0. The van der Waals surface area contributed by atoms with Crippen LogP contribution in [0.25, 0.3) is 6.08 Å². The Bertz CT molecular complexity index is 2300. The molecule has 0 bridgehead atoms. The monoisotopic (exact) mass is 847 g/mol. The van der Waals surface area contributed by atoms with E-state index in [2.05, 4.69) is 4.90 Å². The summed E-state index contributed by atoms with van der Waals surface area (Å²) in [6.45, 7) is 2.38. The third-order valence-electron chi connectivity index (χ3n) is 11.7. The van der Waals surface area contributed by atoms with Crippen LogP contribution in [-0.4, -0.2) is 79.0 Å². The summed E-state index contributed by atoms with van der Waals surface area (Å²) in [5.74, 6) is -21.8. The van der Waals surface area contributed by atoms with Gasteiger partial charge in [0.2, 0.25) is 23.4 Å². The highest BCUT2D eigenvalue weighted by Gasteiger charge is 2.76. The number of carbonyl (C=O) groups is 4. The van der Waals surface area contributed by atoms with Gasteiger partial charge in [0.05, 0.1) is 45.0 Å². The molecular formula is C40H32Cl2F5N3O8. The molecule has 6 atom stereocenters. The second-order valence-electron chi connectivity index (χ2n) is 14.5. The number of methoxy groups -OCH3 is 2. The Morgan fingerprint density at radius 1 is 0.793 bits per heavy atom. The Morgan fingerprint density at radius 3 is 1.95 bits per heavy atom. The number of phenols is 1. The van der Waals surface area contributed by atoms with E-state index in [4.69, 9.17) is 37.4 Å². The van der Waals surface area contributed by atoms with Crippen LogP contribution in [0.2, 0.25) is 0 Å². The van der Waals surface area contributed by atoms with Crippen molar-refractivity contribution in [2.75, 3.05) is 55.2 Å². The van der Waals surface area contributed by atoms with Crippen LogP contribution < -0.4 is 24.2 Å². The van der Waals surface area contributed by atoms with E-state index in [0.29, 0.717) is 26.3 Å². The van der Waals surface area contributed by atoms with Crippen LogP contribution in [0, 0.1) is 52.8 Å². The van der Waals surface area contributed by atoms with Crippen molar-refractivity contribution in [2.45, 2.75) is 22.6 Å². The van der Waals surface area contributed by atoms with E-state index in [0.717, 1.165) is 10.6 Å². The SMILES string of the molecule is COc1cc(C=CC2C3=CCC4C(=O)N(c5ccc(N6CCOCC6)cc5)C(=O)C4C3CC3(Cl)C(=O)N(c4c(F)c(F)c(F)c(F)c4F)C(=O)C23Cl)cc(OC)c1O. The van der Waals surface area contributed by atoms with E-state index in [-0.39, 0.29) is 45.4 Å². The van der Waals surface area contributed by atoms with E-state index < -0.39 is 98.2 Å². The number of morpholine rings is 1. The number of carbonyl (C=O) groups excluding carboxylic acids is 4. The van der Waals surface area contributed by atoms with E-state index in [1.807, 2.05) is 0 Å². The molecule has 0 spiro atoms. The Kier molecular flexibility index (Phi) is 9.75. The lowest BCUT2D eigenvalue weighted by Crippen LogP contribution is -2.60. The van der Waals surface area contributed by atoms with Crippen LogP contribution in [0.5, 0.6) is 17.2 Å². The fourth-order valence-electron chi connectivity index (χ4n) is 8.92. The number of aromatic hydroxyl groups is 1. The molecule has 11 nitrogen and oxygen atoms in total. The summed E-state index contributed by atoms with van der Waals surface area (Å²) in [6, 6.07) is 9.58. The molecule has 6 unspecified atom stereocenters. The van der Waals surface area contributed by atoms with Gasteiger partial charge in [-0.05, 0) is 60.7 Å². The minimum atomic E-state index is -2.69. The van der Waals surface area contributed by atoms with Gasteiger partial charge in [0.25, 0.3) is 11.8 Å². The molecule has 3 aliphatic heterocycles. The third kappa shape index (κ3) is 5.54. The molecule has 3 heterocycles. The van der Waals surface area contributed by atoms with Crippen molar-refractivity contribution in [3.05, 3.63) is 88.8 Å². The van der Waals surface area contributed by atoms with Gasteiger partial charge in [-0.25, -0.2) is 26.9 Å². The first-order chi connectivity index (χ1) is 27.6. The first kappa shape index (κ1) is 39.6. The molecule has 0 aromatic heterocycles. The second-order valence-corrected chi connectivity index (χ2v) is 15.7. The topological polar surface area (TPSA) is 126 Å². The molecule has 1 N–H and O–H groups in total. The third-order valence-corrected chi connectivity index (χ3v) is 13.2. The maximum Gasteiger partial charge on any atom is 0.258 e. The van der Waals surface area contributed by atoms with Gasteiger partial charge in [0, 0.05) is 24.7 Å². The van der Waals surface area contributed by atoms with E-state index in [1.54, 1.807) is 30.3 Å². The summed E-state index contributed by atoms with van der Waals surface area (Å²) >= 11 is 14.4. The highest BCUT2D eigenvalue weighted by Crippen LogP contribution is 2.64. The van der Waals surface area contributed by atoms with Crippen molar-refractivity contribution in [2.24, 2.45) is 23.7 Å². The lowest BCUT2D eigenvalue weighted by Gasteiger charge is -2.49. The quantitative estimate of drug-likeness (QED) is 0.0734. The number of hydrogen-bond acceptors (Lipinski definition) is 9. The number of amides is 4. The Balaban J connectivity index is 1.24. The molecule has 2 aliphatic carbocycles. The Hall–Kier alpha value is -5.19. The number of fused-ring (bicyclic) bond motifs is 4. The molecule has 0 radical (unpaired) electrons. The Labute approximate surface area is 337 Å². The normalized spacial score (nSPS) is 28.2. The number of nitrogens with zero attached hydrogens (tertiary/aromatic N) is 3. The number of benzene rings is 3. The molecule has 58 heavy (non-hydrogen) atoms. The van der Waals surface area contributed by atoms with Crippen LogP contribution in [0.15, 0.2) is 54.1 Å². The van der Waals surface area contributed by atoms with Gasteiger partial charge in [-0.1, -0.05) is 23.8 Å². The average molecular weight is 849 g/mol. The van der Waals surface area contributed by atoms with Crippen LogP contribution in [0.3, 0.4) is 0 Å². The Morgan fingerprint density at radius 2 is 1.36 bits per heavy atom. The second kappa shape index (κ2) is 14.3. The number of rotatable bonds is 7. The number of halogens is 7. The lowest BCUT2D eigenvalue weighted by molar-refractivity contribution is -0.125. The predicted molar refractivity (Wildman–Crippen MR) is 199 cm³/mol. The predicted octanol–water partition coefficient (Wildman–Crippen LogP) is 6.26. The van der Waals surface area contributed by atoms with Crippen molar-refractivity contribution in [1.29, 1.82) is 0 Å². The van der Waals surface area contributed by atoms with Gasteiger partial charge < -0.3 is 24.2 Å². The van der Waals surface area contributed by atoms with Crippen LogP contribution in [-0.2, 0) is 23.9 Å². The highest BCUT2D eigenvalue weighted by atomic mass is 35.5. The molecule has 18 heteroatoms. The maximum absolute atomic E-state index is 15.4. The fourth-order valence-corrected chi connectivity index (χ4v) is 9.81. The minimum absolute atomic E-state index is 0.0229. The fraction of sp³-hybridized carbons (Fsp3) is 0.350. The summed E-state index contributed by atoms with van der Waals surface area (Å²) < 4.78 is 89.9. The maximum atomic E-state index is 15.4. The number of alkyl halides is 2. The molecule has 304 valence electrons. The molecule has 5 aliphatic rings. The number of imide groups is 2. The molecule has 3 aromatic carbocycles. The number of allylic oxidation sites excluding steroid dienone is 3. The van der Waals surface area contributed by atoms with Gasteiger partial charge in [0.1, 0.15) is 5.69 Å². The van der Waals surface area contributed by atoms with Crippen LogP contribution >= 0.6 is 23.2 Å². The van der Waals surface area contributed by atoms with Crippen molar-refractivity contribution in [1.82, 2.24) is 0 Å². The van der Waals surface area contributed by atoms with Crippen LogP contribution in [0.1, 0.15) is 18.4 Å². The van der Waals surface area contributed by atoms with Gasteiger partial charge in [0.15, 0.2) is 44.5 Å². The van der Waals surface area contributed by atoms with E-state index in [1.165, 1.54) is 38.5 Å². The molecular weight excluding hydrogens is 816 g/mol. The van der Waals surface area contributed by atoms with Crippen molar-refractivity contribution < 1.29 is 60.4 Å². The van der Waals surface area contributed by atoms with Crippen molar-refractivity contribution in [3.63, 3.8) is 0 Å². The zero-order valence-corrected chi connectivity index (χ0v) is 32.1. The molecule has 1 saturated carbocycles. The average Bonchev–Trinajstić information content (AvgIpc) is 3.57. The number of phenolic OH excluding ortho intramolecular Hbond substituents is 1. The molecule has 4 amide bonds. The zero-order valence-electron chi connectivity index (χ0n) is 30.5. The largest absolute Gasteiger partial charge is 0.502 e. The van der Waals surface area contributed by atoms with Crippen LogP contribution in [0.4, 0.5) is 39.0 Å². The minimum Gasteiger partial charge on any atom is -0.502 e. The summed E-state index contributed by atoms with van der Waals surface area (Å²) in [7, 11) is 2.57. The van der Waals surface area contributed by atoms with E-state index >= 15 is 8.78 Å². The van der Waals surface area contributed by atoms with Gasteiger partial charge >= 0.3 is 0 Å². The lowest BCUT2D eigenvalue weighted by atomic mass is 9.57. The van der Waals surface area contributed by atoms with E-state index in [9.17, 15) is 37.5 Å². The molecule has 8 rings (SSSR count). The van der Waals surface area contributed by atoms with Gasteiger partial charge in [-0.2, -0.15) is 0 Å². The van der Waals surface area contributed by atoms with Gasteiger partial charge in [-0.3, -0.25) is 24.1 Å². The van der Waals surface area contributed by atoms with Crippen molar-refractivity contribution in [3.8, 4) is 17.2 Å². The first-order valence-electron chi connectivity index (χ1n) is 18.0. The summed E-state index contributed by atoms with van der Waals surface area (Å²) in [6.07, 6.45) is 3.66. The molecule has 3 aromatic rings. The summed E-state index contributed by atoms with van der Waals surface area (Å²) in [5, 5.41) is 10.5.